The Morgan fingerprint density at radius 1 is 1.14 bits per heavy atom. The van der Waals surface area contributed by atoms with Crippen LogP contribution in [0, 0.1) is 0 Å². The molecule has 0 unspecified atom stereocenters. The lowest BCUT2D eigenvalue weighted by Crippen LogP contribution is -2.29. The lowest BCUT2D eigenvalue weighted by Gasteiger charge is -2.13. The van der Waals surface area contributed by atoms with E-state index in [0.29, 0.717) is 34.5 Å². The number of thiocarbonyl (C=S) groups is 1. The van der Waals surface area contributed by atoms with Crippen molar-refractivity contribution in [3.63, 3.8) is 0 Å². The van der Waals surface area contributed by atoms with Gasteiger partial charge in [0, 0.05) is 18.5 Å². The Hall–Kier alpha value is -2.64. The van der Waals surface area contributed by atoms with E-state index in [-0.39, 0.29) is 12.3 Å². The van der Waals surface area contributed by atoms with E-state index in [9.17, 15) is 9.59 Å². The number of carboxylic acid groups (broad SMARTS) is 1. The maximum absolute atomic E-state index is 12.6. The highest BCUT2D eigenvalue weighted by Crippen LogP contribution is 2.34. The van der Waals surface area contributed by atoms with E-state index in [1.165, 1.54) is 16.7 Å². The molecule has 5 nitrogen and oxygen atoms in total. The van der Waals surface area contributed by atoms with Crippen LogP contribution in [0.4, 0.5) is 0 Å². The first-order valence-corrected chi connectivity index (χ1v) is 10.00. The Morgan fingerprint density at radius 3 is 2.61 bits per heavy atom. The molecule has 1 heterocycles. The number of nitrogens with zero attached hydrogens (tertiary/aromatic N) is 1. The quantitative estimate of drug-likeness (QED) is 0.513. The van der Waals surface area contributed by atoms with Gasteiger partial charge < -0.3 is 9.84 Å². The van der Waals surface area contributed by atoms with Crippen molar-refractivity contribution in [2.24, 2.45) is 0 Å². The number of carboxylic acids is 1. The van der Waals surface area contributed by atoms with Crippen LogP contribution in [-0.4, -0.2) is 32.7 Å². The Kier molecular flexibility index (Phi) is 6.84. The van der Waals surface area contributed by atoms with Gasteiger partial charge in [-0.3, -0.25) is 14.5 Å². The number of para-hydroxylation sites is 1. The van der Waals surface area contributed by atoms with Crippen molar-refractivity contribution < 1.29 is 19.4 Å². The van der Waals surface area contributed by atoms with Gasteiger partial charge in [0.1, 0.15) is 16.7 Å². The van der Waals surface area contributed by atoms with Crippen molar-refractivity contribution in [2.75, 3.05) is 6.54 Å². The van der Waals surface area contributed by atoms with Crippen LogP contribution >= 0.6 is 24.0 Å². The Balaban J connectivity index is 1.72. The molecule has 2 aromatic rings. The number of thioether (sulfide) groups is 1. The molecule has 1 N–H and O–H groups in total. The number of amides is 1. The third-order valence-corrected chi connectivity index (χ3v) is 5.47. The zero-order valence-corrected chi connectivity index (χ0v) is 16.7. The summed E-state index contributed by atoms with van der Waals surface area (Å²) in [4.78, 5) is 25.3. The van der Waals surface area contributed by atoms with Crippen LogP contribution in [0.25, 0.3) is 6.08 Å². The normalized spacial score (nSPS) is 15.3. The molecule has 0 aliphatic carbocycles. The zero-order valence-electron chi connectivity index (χ0n) is 15.0. The minimum absolute atomic E-state index is 0.00622. The van der Waals surface area contributed by atoms with Gasteiger partial charge in [-0.05, 0) is 24.1 Å². The number of rotatable bonds is 8. The molecule has 1 fully saturated rings. The summed E-state index contributed by atoms with van der Waals surface area (Å²) in [6, 6.07) is 17.4. The van der Waals surface area contributed by atoms with Crippen molar-refractivity contribution in [3.8, 4) is 5.75 Å². The minimum Gasteiger partial charge on any atom is -0.488 e. The average Bonchev–Trinajstić information content (AvgIpc) is 2.95. The van der Waals surface area contributed by atoms with Crippen molar-refractivity contribution in [1.82, 2.24) is 4.90 Å². The smallest absolute Gasteiger partial charge is 0.303 e. The van der Waals surface area contributed by atoms with Gasteiger partial charge >= 0.3 is 5.97 Å². The fraction of sp³-hybridized carbons (Fsp3) is 0.190. The van der Waals surface area contributed by atoms with Crippen molar-refractivity contribution in [2.45, 2.75) is 19.4 Å². The molecule has 0 atom stereocenters. The Bertz CT molecular complexity index is 912. The average molecular weight is 414 g/mol. The van der Waals surface area contributed by atoms with Gasteiger partial charge in [-0.1, -0.05) is 72.5 Å². The molecule has 0 saturated carbocycles. The summed E-state index contributed by atoms with van der Waals surface area (Å²) in [6.07, 6.45) is 2.15. The summed E-state index contributed by atoms with van der Waals surface area (Å²) in [7, 11) is 0. The van der Waals surface area contributed by atoms with Crippen LogP contribution in [0.1, 0.15) is 24.0 Å². The zero-order chi connectivity index (χ0) is 19.9. The molecule has 0 radical (unpaired) electrons. The summed E-state index contributed by atoms with van der Waals surface area (Å²) in [5.41, 5.74) is 1.85. The van der Waals surface area contributed by atoms with Gasteiger partial charge in [0.2, 0.25) is 0 Å². The lowest BCUT2D eigenvalue weighted by molar-refractivity contribution is -0.137. The number of ether oxygens (including phenoxy) is 1. The predicted molar refractivity (Wildman–Crippen MR) is 114 cm³/mol. The van der Waals surface area contributed by atoms with Crippen molar-refractivity contribution in [1.29, 1.82) is 0 Å². The second-order valence-corrected chi connectivity index (χ2v) is 7.82. The molecule has 3 rings (SSSR count). The first kappa shape index (κ1) is 20.1. The monoisotopic (exact) mass is 413 g/mol. The molecule has 0 spiro atoms. The maximum Gasteiger partial charge on any atom is 0.303 e. The molecule has 144 valence electrons. The fourth-order valence-corrected chi connectivity index (χ4v) is 3.99. The first-order valence-electron chi connectivity index (χ1n) is 8.77. The van der Waals surface area contributed by atoms with Gasteiger partial charge in [-0.15, -0.1) is 0 Å². The maximum atomic E-state index is 12.6. The van der Waals surface area contributed by atoms with E-state index in [0.717, 1.165) is 11.1 Å². The Labute approximate surface area is 173 Å². The van der Waals surface area contributed by atoms with Crippen molar-refractivity contribution in [3.05, 3.63) is 70.6 Å². The molecule has 1 saturated heterocycles. The molecule has 0 bridgehead atoms. The summed E-state index contributed by atoms with van der Waals surface area (Å²) >= 11 is 6.51. The standard InChI is InChI=1S/C21H19NO4S2/c23-19(24)11-6-12-22-20(25)18(28-21(22)27)13-16-9-4-5-10-17(16)26-14-15-7-2-1-3-8-15/h1-5,7-10,13H,6,11-12,14H2,(H,23,24)/b18-13-. The van der Waals surface area contributed by atoms with E-state index in [4.69, 9.17) is 22.1 Å². The molecule has 28 heavy (non-hydrogen) atoms. The first-order chi connectivity index (χ1) is 13.5. The molecular formula is C21H19NO4S2. The highest BCUT2D eigenvalue weighted by molar-refractivity contribution is 8.26. The van der Waals surface area contributed by atoms with E-state index in [2.05, 4.69) is 0 Å². The fourth-order valence-electron chi connectivity index (χ4n) is 2.69. The molecule has 1 aliphatic rings. The van der Waals surface area contributed by atoms with E-state index < -0.39 is 5.97 Å². The number of aliphatic carboxylic acids is 1. The highest BCUT2D eigenvalue weighted by Gasteiger charge is 2.31. The van der Waals surface area contributed by atoms with Gasteiger partial charge in [0.25, 0.3) is 5.91 Å². The number of carbonyl (C=O) groups excluding carboxylic acids is 1. The molecule has 7 heteroatoms. The lowest BCUT2D eigenvalue weighted by atomic mass is 10.1. The van der Waals surface area contributed by atoms with E-state index in [1.807, 2.05) is 54.6 Å². The summed E-state index contributed by atoms with van der Waals surface area (Å²) < 4.78 is 6.39. The SMILES string of the molecule is O=C(O)CCCN1C(=O)/C(=C/c2ccccc2OCc2ccccc2)SC1=S. The third-order valence-electron chi connectivity index (χ3n) is 4.09. The summed E-state index contributed by atoms with van der Waals surface area (Å²) in [5.74, 6) is -0.397. The van der Waals surface area contributed by atoms with Gasteiger partial charge in [0.05, 0.1) is 4.91 Å². The molecule has 0 aromatic heterocycles. The molecule has 2 aromatic carbocycles. The van der Waals surface area contributed by atoms with E-state index in [1.54, 1.807) is 6.08 Å². The summed E-state index contributed by atoms with van der Waals surface area (Å²) in [6.45, 7) is 0.738. The highest BCUT2D eigenvalue weighted by atomic mass is 32.2. The minimum atomic E-state index is -0.884. The van der Waals surface area contributed by atoms with Crippen molar-refractivity contribution >= 4 is 46.3 Å². The van der Waals surface area contributed by atoms with Crippen LogP contribution in [0.5, 0.6) is 5.75 Å². The van der Waals surface area contributed by atoms with Crippen LogP contribution in [0.3, 0.4) is 0 Å². The molecule has 1 aliphatic heterocycles. The van der Waals surface area contributed by atoms with E-state index >= 15 is 0 Å². The number of hydrogen-bond acceptors (Lipinski definition) is 5. The second kappa shape index (κ2) is 9.52. The van der Waals surface area contributed by atoms with Gasteiger partial charge in [-0.25, -0.2) is 0 Å². The predicted octanol–water partition coefficient (Wildman–Crippen LogP) is 4.33. The topological polar surface area (TPSA) is 66.8 Å². The van der Waals surface area contributed by atoms with Crippen LogP contribution in [0.15, 0.2) is 59.5 Å². The number of hydrogen-bond donors (Lipinski definition) is 1. The van der Waals surface area contributed by atoms with Gasteiger partial charge in [0.15, 0.2) is 0 Å². The largest absolute Gasteiger partial charge is 0.488 e. The number of benzene rings is 2. The summed E-state index contributed by atoms with van der Waals surface area (Å²) in [5, 5.41) is 8.76. The molecule has 1 amide bonds. The molecular weight excluding hydrogens is 394 g/mol. The second-order valence-electron chi connectivity index (χ2n) is 6.14. The number of carbonyl (C=O) groups is 2. The Morgan fingerprint density at radius 2 is 1.86 bits per heavy atom. The van der Waals surface area contributed by atoms with Crippen LogP contribution in [0.2, 0.25) is 0 Å². The third kappa shape index (κ3) is 5.21. The van der Waals surface area contributed by atoms with Crippen LogP contribution in [-0.2, 0) is 16.2 Å². The van der Waals surface area contributed by atoms with Crippen LogP contribution < -0.4 is 4.74 Å². The van der Waals surface area contributed by atoms with Gasteiger partial charge in [-0.2, -0.15) is 0 Å².